The topological polar surface area (TPSA) is 50.6 Å². The second-order valence-electron chi connectivity index (χ2n) is 8.11. The highest BCUT2D eigenvalue weighted by Crippen LogP contribution is 2.20. The molecular formula is C24H29N2O2+. The number of fused-ring (bicyclic) bond motifs is 1. The maximum Gasteiger partial charge on any atom is 0.252 e. The number of carbonyl (C=O) groups excluding carboxylic acids is 2. The summed E-state index contributed by atoms with van der Waals surface area (Å²) in [5, 5.41) is 3.14. The molecule has 4 heteroatoms. The zero-order valence-electron chi connectivity index (χ0n) is 16.3. The monoisotopic (exact) mass is 377 g/mol. The first-order valence-corrected chi connectivity index (χ1v) is 10.6. The first kappa shape index (κ1) is 18.9. The van der Waals surface area contributed by atoms with Gasteiger partial charge in [-0.15, -0.1) is 0 Å². The minimum absolute atomic E-state index is 0.105. The van der Waals surface area contributed by atoms with Crippen molar-refractivity contribution in [1.82, 2.24) is 5.32 Å². The average Bonchev–Trinajstić information content (AvgIpc) is 2.77. The van der Waals surface area contributed by atoms with Gasteiger partial charge >= 0.3 is 0 Å². The molecule has 28 heavy (non-hydrogen) atoms. The second-order valence-corrected chi connectivity index (χ2v) is 8.11. The molecule has 2 saturated heterocycles. The Morgan fingerprint density at radius 3 is 2.39 bits per heavy atom. The number of benzene rings is 2. The maximum atomic E-state index is 12.9. The maximum absolute atomic E-state index is 12.9. The molecule has 4 nitrogen and oxygen atoms in total. The first-order chi connectivity index (χ1) is 13.7. The molecule has 2 aromatic rings. The number of carbonyl (C=O) groups is 2. The summed E-state index contributed by atoms with van der Waals surface area (Å²) < 4.78 is 0. The molecule has 3 atom stereocenters. The lowest BCUT2D eigenvalue weighted by molar-refractivity contribution is -0.939. The van der Waals surface area contributed by atoms with Crippen molar-refractivity contribution in [3.05, 3.63) is 71.3 Å². The summed E-state index contributed by atoms with van der Waals surface area (Å²) in [5.41, 5.74) is 1.55. The average molecular weight is 378 g/mol. The van der Waals surface area contributed by atoms with Gasteiger partial charge in [-0.3, -0.25) is 9.59 Å². The van der Waals surface area contributed by atoms with E-state index in [0.717, 1.165) is 0 Å². The minimum atomic E-state index is -0.136. The van der Waals surface area contributed by atoms with Crippen LogP contribution in [0.1, 0.15) is 58.4 Å². The van der Waals surface area contributed by atoms with Crippen molar-refractivity contribution in [2.45, 2.75) is 38.1 Å². The van der Waals surface area contributed by atoms with Gasteiger partial charge in [-0.1, -0.05) is 48.5 Å². The van der Waals surface area contributed by atoms with Gasteiger partial charge in [0, 0.05) is 23.6 Å². The lowest BCUT2D eigenvalue weighted by Crippen LogP contribution is -3.18. The Balaban J connectivity index is 1.46. The molecular weight excluding hydrogens is 348 g/mol. The highest BCUT2D eigenvalue weighted by atomic mass is 16.2. The van der Waals surface area contributed by atoms with Gasteiger partial charge in [-0.05, 0) is 38.2 Å². The van der Waals surface area contributed by atoms with Crippen LogP contribution in [0.4, 0.5) is 0 Å². The lowest BCUT2D eigenvalue weighted by Gasteiger charge is -2.41. The Morgan fingerprint density at radius 2 is 1.57 bits per heavy atom. The van der Waals surface area contributed by atoms with Crippen molar-refractivity contribution in [2.75, 3.05) is 19.6 Å². The Hall–Kier alpha value is -2.46. The summed E-state index contributed by atoms with van der Waals surface area (Å²) in [6.07, 6.45) is 6.36. The predicted octanol–water partition coefficient (Wildman–Crippen LogP) is 2.49. The van der Waals surface area contributed by atoms with E-state index in [4.69, 9.17) is 0 Å². The van der Waals surface area contributed by atoms with Gasteiger partial charge in [0.15, 0.2) is 5.78 Å². The van der Waals surface area contributed by atoms with Crippen LogP contribution in [0.25, 0.3) is 0 Å². The standard InChI is InChI=1S/C24H28N2O2/c27-23(18-9-2-1-3-10-18)20-12-4-5-13-21(20)24(28)25-17-19-11-8-16-26-15-7-6-14-22(19)26/h1-5,9-10,12-13,19,22H,6-8,11,14-17H2,(H,25,28)/p+1/t19-,22-/m0/s1. The number of hydrogen-bond acceptors (Lipinski definition) is 2. The fraction of sp³-hybridized carbons (Fsp3) is 0.417. The summed E-state index contributed by atoms with van der Waals surface area (Å²) in [5.74, 6) is 0.305. The molecule has 4 rings (SSSR count). The number of ketones is 1. The van der Waals surface area contributed by atoms with Crippen LogP contribution in [0.2, 0.25) is 0 Å². The van der Waals surface area contributed by atoms with E-state index in [-0.39, 0.29) is 11.7 Å². The zero-order valence-corrected chi connectivity index (χ0v) is 16.3. The predicted molar refractivity (Wildman–Crippen MR) is 110 cm³/mol. The molecule has 0 radical (unpaired) electrons. The van der Waals surface area contributed by atoms with Crippen molar-refractivity contribution < 1.29 is 14.5 Å². The quantitative estimate of drug-likeness (QED) is 0.787. The molecule has 2 N–H and O–H groups in total. The van der Waals surface area contributed by atoms with E-state index < -0.39 is 0 Å². The van der Waals surface area contributed by atoms with Crippen LogP contribution in [0.5, 0.6) is 0 Å². The van der Waals surface area contributed by atoms with Gasteiger partial charge in [-0.2, -0.15) is 0 Å². The van der Waals surface area contributed by atoms with E-state index in [1.807, 2.05) is 30.3 Å². The zero-order chi connectivity index (χ0) is 19.3. The molecule has 2 aromatic carbocycles. The van der Waals surface area contributed by atoms with Gasteiger partial charge < -0.3 is 10.2 Å². The molecule has 146 valence electrons. The fourth-order valence-electron chi connectivity index (χ4n) is 4.97. The Labute approximate surface area is 166 Å². The van der Waals surface area contributed by atoms with Gasteiger partial charge in [0.25, 0.3) is 5.91 Å². The molecule has 0 aromatic heterocycles. The Bertz CT molecular complexity index is 832. The molecule has 2 aliphatic rings. The molecule has 1 unspecified atom stereocenters. The lowest BCUT2D eigenvalue weighted by atomic mass is 9.83. The summed E-state index contributed by atoms with van der Waals surface area (Å²) in [7, 11) is 0. The van der Waals surface area contributed by atoms with E-state index in [1.54, 1.807) is 29.2 Å². The summed E-state index contributed by atoms with van der Waals surface area (Å²) in [4.78, 5) is 27.5. The number of amides is 1. The molecule has 2 fully saturated rings. The van der Waals surface area contributed by atoms with Gasteiger partial charge in [0.2, 0.25) is 0 Å². The van der Waals surface area contributed by atoms with Crippen molar-refractivity contribution >= 4 is 11.7 Å². The smallest absolute Gasteiger partial charge is 0.252 e. The van der Waals surface area contributed by atoms with Crippen LogP contribution in [-0.4, -0.2) is 37.4 Å². The van der Waals surface area contributed by atoms with Crippen LogP contribution in [0.3, 0.4) is 0 Å². The van der Waals surface area contributed by atoms with Crippen LogP contribution in [0, 0.1) is 5.92 Å². The number of piperidine rings is 2. The molecule has 2 heterocycles. The second kappa shape index (κ2) is 8.70. The Morgan fingerprint density at radius 1 is 0.857 bits per heavy atom. The molecule has 2 aliphatic heterocycles. The van der Waals surface area contributed by atoms with Gasteiger partial charge in [0.1, 0.15) is 0 Å². The fourth-order valence-corrected chi connectivity index (χ4v) is 4.97. The molecule has 0 saturated carbocycles. The first-order valence-electron chi connectivity index (χ1n) is 10.6. The third-order valence-electron chi connectivity index (χ3n) is 6.41. The van der Waals surface area contributed by atoms with Crippen LogP contribution in [0.15, 0.2) is 54.6 Å². The summed E-state index contributed by atoms with van der Waals surface area (Å²) in [6.45, 7) is 3.27. The van der Waals surface area contributed by atoms with Gasteiger partial charge in [0.05, 0.1) is 24.7 Å². The molecule has 0 bridgehead atoms. The minimum Gasteiger partial charge on any atom is -0.351 e. The Kier molecular flexibility index (Phi) is 5.87. The van der Waals surface area contributed by atoms with Crippen LogP contribution < -0.4 is 10.2 Å². The van der Waals surface area contributed by atoms with E-state index in [1.165, 1.54) is 45.2 Å². The summed E-state index contributed by atoms with van der Waals surface area (Å²) >= 11 is 0. The van der Waals surface area contributed by atoms with E-state index in [2.05, 4.69) is 5.32 Å². The molecule has 1 amide bonds. The van der Waals surface area contributed by atoms with Crippen molar-refractivity contribution in [1.29, 1.82) is 0 Å². The number of nitrogens with one attached hydrogen (secondary N) is 2. The third-order valence-corrected chi connectivity index (χ3v) is 6.41. The van der Waals surface area contributed by atoms with Gasteiger partial charge in [-0.25, -0.2) is 0 Å². The van der Waals surface area contributed by atoms with Crippen LogP contribution in [-0.2, 0) is 0 Å². The van der Waals surface area contributed by atoms with E-state index >= 15 is 0 Å². The van der Waals surface area contributed by atoms with Crippen LogP contribution >= 0.6 is 0 Å². The van der Waals surface area contributed by atoms with Crippen molar-refractivity contribution in [2.24, 2.45) is 5.92 Å². The third kappa shape index (κ3) is 4.02. The highest BCUT2D eigenvalue weighted by Gasteiger charge is 2.36. The van der Waals surface area contributed by atoms with E-state index in [9.17, 15) is 9.59 Å². The highest BCUT2D eigenvalue weighted by molar-refractivity contribution is 6.15. The largest absolute Gasteiger partial charge is 0.351 e. The van der Waals surface area contributed by atoms with Crippen molar-refractivity contribution in [3.8, 4) is 0 Å². The normalized spacial score (nSPS) is 24.2. The SMILES string of the molecule is O=C(NC[C@@H]1CCC[NH+]2CCCC[C@@H]12)c1ccccc1C(=O)c1ccccc1. The number of quaternary nitrogens is 1. The number of hydrogen-bond donors (Lipinski definition) is 2. The van der Waals surface area contributed by atoms with Crippen molar-refractivity contribution in [3.63, 3.8) is 0 Å². The summed E-state index contributed by atoms with van der Waals surface area (Å²) in [6, 6.07) is 17.0. The molecule has 0 spiro atoms. The van der Waals surface area contributed by atoms with E-state index in [0.29, 0.717) is 35.2 Å². The molecule has 0 aliphatic carbocycles. The number of rotatable bonds is 5.